The average molecular weight is 231 g/mol. The Labute approximate surface area is 101 Å². The highest BCUT2D eigenvalue weighted by molar-refractivity contribution is 4.63. The Kier molecular flexibility index (Phi) is 11.3. The first kappa shape index (κ1) is 15.9. The zero-order chi connectivity index (χ0) is 12.2. The predicted octanol–water partition coefficient (Wildman–Crippen LogP) is 2.33. The molecule has 0 aromatic rings. The van der Waals surface area contributed by atoms with Crippen molar-refractivity contribution in [1.29, 1.82) is 0 Å². The van der Waals surface area contributed by atoms with Gasteiger partial charge in [0.15, 0.2) is 0 Å². The first-order valence-corrected chi connectivity index (χ1v) is 6.69. The standard InChI is InChI=1S/C13H29NO2/c1-4-6-7-8-9-16-11-13(15)10-14-12(3)5-2/h12-15H,4-11H2,1-3H3. The molecular formula is C13H29NO2. The molecule has 2 atom stereocenters. The summed E-state index contributed by atoms with van der Waals surface area (Å²) >= 11 is 0. The van der Waals surface area contributed by atoms with E-state index in [4.69, 9.17) is 4.74 Å². The zero-order valence-electron chi connectivity index (χ0n) is 11.2. The van der Waals surface area contributed by atoms with Crippen molar-refractivity contribution in [3.63, 3.8) is 0 Å². The molecule has 16 heavy (non-hydrogen) atoms. The minimum Gasteiger partial charge on any atom is -0.389 e. The molecule has 2 N–H and O–H groups in total. The lowest BCUT2D eigenvalue weighted by Crippen LogP contribution is -2.35. The minimum atomic E-state index is -0.375. The predicted molar refractivity (Wildman–Crippen MR) is 68.7 cm³/mol. The van der Waals surface area contributed by atoms with E-state index in [1.807, 2.05) is 0 Å². The summed E-state index contributed by atoms with van der Waals surface area (Å²) in [5.74, 6) is 0. The topological polar surface area (TPSA) is 41.5 Å². The van der Waals surface area contributed by atoms with Crippen molar-refractivity contribution in [3.05, 3.63) is 0 Å². The highest BCUT2D eigenvalue weighted by Gasteiger charge is 2.05. The number of rotatable bonds is 11. The van der Waals surface area contributed by atoms with E-state index in [2.05, 4.69) is 26.1 Å². The maximum Gasteiger partial charge on any atom is 0.0897 e. The second-order valence-corrected chi connectivity index (χ2v) is 4.51. The molecule has 0 rings (SSSR count). The highest BCUT2D eigenvalue weighted by Crippen LogP contribution is 1.99. The van der Waals surface area contributed by atoms with Crippen LogP contribution in [0.15, 0.2) is 0 Å². The van der Waals surface area contributed by atoms with Crippen LogP contribution in [0.3, 0.4) is 0 Å². The second-order valence-electron chi connectivity index (χ2n) is 4.51. The fraction of sp³-hybridized carbons (Fsp3) is 1.00. The second kappa shape index (κ2) is 11.4. The third kappa shape index (κ3) is 10.4. The summed E-state index contributed by atoms with van der Waals surface area (Å²) in [6.07, 6.45) is 5.59. The molecule has 0 aliphatic rings. The first-order chi connectivity index (χ1) is 7.70. The quantitative estimate of drug-likeness (QED) is 0.536. The summed E-state index contributed by atoms with van der Waals surface area (Å²) in [4.78, 5) is 0. The van der Waals surface area contributed by atoms with Gasteiger partial charge in [-0.1, -0.05) is 33.1 Å². The van der Waals surface area contributed by atoms with E-state index >= 15 is 0 Å². The van der Waals surface area contributed by atoms with Gasteiger partial charge in [0.2, 0.25) is 0 Å². The van der Waals surface area contributed by atoms with E-state index in [1.165, 1.54) is 19.3 Å². The van der Waals surface area contributed by atoms with E-state index in [0.717, 1.165) is 19.4 Å². The fourth-order valence-corrected chi connectivity index (χ4v) is 1.39. The molecule has 0 aliphatic carbocycles. The molecule has 0 saturated carbocycles. The number of ether oxygens (including phenoxy) is 1. The number of hydrogen-bond donors (Lipinski definition) is 2. The largest absolute Gasteiger partial charge is 0.389 e. The molecule has 0 saturated heterocycles. The SMILES string of the molecule is CCCCCCOCC(O)CNC(C)CC. The van der Waals surface area contributed by atoms with Gasteiger partial charge in [-0.15, -0.1) is 0 Å². The molecule has 98 valence electrons. The summed E-state index contributed by atoms with van der Waals surface area (Å²) in [5.41, 5.74) is 0. The summed E-state index contributed by atoms with van der Waals surface area (Å²) in [5, 5.41) is 12.9. The van der Waals surface area contributed by atoms with Crippen LogP contribution in [-0.2, 0) is 4.74 Å². The van der Waals surface area contributed by atoms with Gasteiger partial charge in [-0.3, -0.25) is 0 Å². The van der Waals surface area contributed by atoms with Gasteiger partial charge in [0.25, 0.3) is 0 Å². The molecule has 0 aromatic heterocycles. The lowest BCUT2D eigenvalue weighted by Gasteiger charge is -2.15. The zero-order valence-corrected chi connectivity index (χ0v) is 11.2. The lowest BCUT2D eigenvalue weighted by molar-refractivity contribution is 0.0343. The van der Waals surface area contributed by atoms with Crippen molar-refractivity contribution in [2.45, 2.75) is 65.0 Å². The number of nitrogens with one attached hydrogen (secondary N) is 1. The van der Waals surface area contributed by atoms with Crippen molar-refractivity contribution in [2.75, 3.05) is 19.8 Å². The van der Waals surface area contributed by atoms with E-state index in [0.29, 0.717) is 19.2 Å². The molecule has 0 spiro atoms. The Hall–Kier alpha value is -0.120. The van der Waals surface area contributed by atoms with Crippen LogP contribution in [0, 0.1) is 0 Å². The molecule has 2 unspecified atom stereocenters. The summed E-state index contributed by atoms with van der Waals surface area (Å²) in [7, 11) is 0. The third-order valence-corrected chi connectivity index (χ3v) is 2.77. The minimum absolute atomic E-state index is 0.375. The van der Waals surface area contributed by atoms with Crippen LogP contribution in [0.1, 0.15) is 52.9 Å². The molecule has 0 radical (unpaired) electrons. The van der Waals surface area contributed by atoms with Crippen LogP contribution < -0.4 is 5.32 Å². The van der Waals surface area contributed by atoms with Crippen LogP contribution in [-0.4, -0.2) is 37.0 Å². The van der Waals surface area contributed by atoms with Gasteiger partial charge in [0.1, 0.15) is 0 Å². The van der Waals surface area contributed by atoms with Gasteiger partial charge < -0.3 is 15.2 Å². The Balaban J connectivity index is 3.20. The monoisotopic (exact) mass is 231 g/mol. The maximum atomic E-state index is 9.61. The van der Waals surface area contributed by atoms with Crippen molar-refractivity contribution in [3.8, 4) is 0 Å². The average Bonchev–Trinajstić information content (AvgIpc) is 2.30. The van der Waals surface area contributed by atoms with E-state index in [1.54, 1.807) is 0 Å². The van der Waals surface area contributed by atoms with E-state index in [-0.39, 0.29) is 6.10 Å². The molecule has 3 nitrogen and oxygen atoms in total. The van der Waals surface area contributed by atoms with E-state index in [9.17, 15) is 5.11 Å². The van der Waals surface area contributed by atoms with Crippen molar-refractivity contribution in [2.24, 2.45) is 0 Å². The maximum absolute atomic E-state index is 9.61. The number of aliphatic hydroxyl groups is 1. The lowest BCUT2D eigenvalue weighted by atomic mass is 10.2. The van der Waals surface area contributed by atoms with Gasteiger partial charge in [-0.05, 0) is 19.8 Å². The van der Waals surface area contributed by atoms with E-state index < -0.39 is 0 Å². The smallest absolute Gasteiger partial charge is 0.0897 e. The molecule has 0 heterocycles. The molecule has 0 bridgehead atoms. The Morgan fingerprint density at radius 3 is 2.56 bits per heavy atom. The van der Waals surface area contributed by atoms with Crippen LogP contribution in [0.2, 0.25) is 0 Å². The molecule has 3 heteroatoms. The van der Waals surface area contributed by atoms with Gasteiger partial charge in [0, 0.05) is 19.2 Å². The number of hydrogen-bond acceptors (Lipinski definition) is 3. The summed E-state index contributed by atoms with van der Waals surface area (Å²) in [6.45, 7) is 8.32. The Morgan fingerprint density at radius 1 is 1.19 bits per heavy atom. The van der Waals surface area contributed by atoms with Gasteiger partial charge in [0.05, 0.1) is 12.7 Å². The van der Waals surface area contributed by atoms with Crippen molar-refractivity contribution < 1.29 is 9.84 Å². The summed E-state index contributed by atoms with van der Waals surface area (Å²) in [6, 6.07) is 0.471. The fourth-order valence-electron chi connectivity index (χ4n) is 1.39. The first-order valence-electron chi connectivity index (χ1n) is 6.69. The summed E-state index contributed by atoms with van der Waals surface area (Å²) < 4.78 is 5.42. The van der Waals surface area contributed by atoms with Crippen molar-refractivity contribution in [1.82, 2.24) is 5.32 Å². The Morgan fingerprint density at radius 2 is 1.94 bits per heavy atom. The van der Waals surface area contributed by atoms with Crippen LogP contribution in [0.4, 0.5) is 0 Å². The molecule has 0 fully saturated rings. The molecule has 0 aromatic carbocycles. The number of unbranched alkanes of at least 4 members (excludes halogenated alkanes) is 3. The van der Waals surface area contributed by atoms with Crippen LogP contribution in [0.25, 0.3) is 0 Å². The van der Waals surface area contributed by atoms with Gasteiger partial charge in [-0.2, -0.15) is 0 Å². The van der Waals surface area contributed by atoms with Gasteiger partial charge in [-0.25, -0.2) is 0 Å². The third-order valence-electron chi connectivity index (χ3n) is 2.77. The highest BCUT2D eigenvalue weighted by atomic mass is 16.5. The Bertz CT molecular complexity index is 142. The molecule has 0 amide bonds. The van der Waals surface area contributed by atoms with Crippen molar-refractivity contribution >= 4 is 0 Å². The normalized spacial score (nSPS) is 15.0. The van der Waals surface area contributed by atoms with Crippen LogP contribution in [0.5, 0.6) is 0 Å². The van der Waals surface area contributed by atoms with Crippen LogP contribution >= 0.6 is 0 Å². The molecule has 0 aliphatic heterocycles. The van der Waals surface area contributed by atoms with Gasteiger partial charge >= 0.3 is 0 Å². The molecular weight excluding hydrogens is 202 g/mol. The number of aliphatic hydroxyl groups excluding tert-OH is 1.